The molecule has 15 heavy (non-hydrogen) atoms. The van der Waals surface area contributed by atoms with E-state index in [2.05, 4.69) is 10.3 Å². The maximum atomic E-state index is 10.9. The van der Waals surface area contributed by atoms with Gasteiger partial charge in [-0.05, 0) is 11.6 Å². The maximum Gasteiger partial charge on any atom is 0.374 e. The molecule has 2 heterocycles. The topological polar surface area (TPSA) is 114 Å². The van der Waals surface area contributed by atoms with Crippen LogP contribution >= 0.6 is 7.60 Å². The molecule has 0 atom stereocenters. The highest BCUT2D eigenvalue weighted by atomic mass is 31.2. The van der Waals surface area contributed by atoms with Crippen LogP contribution in [0.15, 0.2) is 12.1 Å². The second-order valence-corrected chi connectivity index (χ2v) is 4.79. The van der Waals surface area contributed by atoms with Gasteiger partial charge in [-0.1, -0.05) is 6.07 Å². The predicted molar refractivity (Wildman–Crippen MR) is 54.9 cm³/mol. The lowest BCUT2D eigenvalue weighted by atomic mass is 10.1. The number of hydrogen-bond acceptors (Lipinski definition) is 3. The van der Waals surface area contributed by atoms with Gasteiger partial charge in [0.1, 0.15) is 0 Å². The van der Waals surface area contributed by atoms with Crippen molar-refractivity contribution in [2.24, 2.45) is 0 Å². The first kappa shape index (κ1) is 12.3. The molecule has 1 aliphatic rings. The molecule has 5 N–H and O–H groups in total. The average molecular weight is 232 g/mol. The Hall–Kier alpha value is -0.780. The Morgan fingerprint density at radius 1 is 1.40 bits per heavy atom. The van der Waals surface area contributed by atoms with Gasteiger partial charge in [0.05, 0.1) is 0 Å². The number of hydrogen-bond donors (Lipinski definition) is 3. The molecule has 6 nitrogen and oxygen atoms in total. The molecule has 0 spiro atoms. The molecule has 0 saturated carbocycles. The van der Waals surface area contributed by atoms with Gasteiger partial charge in [-0.2, -0.15) is 0 Å². The van der Waals surface area contributed by atoms with Crippen molar-refractivity contribution in [2.75, 3.05) is 6.54 Å². The quantitative estimate of drug-likeness (QED) is 0.521. The molecule has 0 fully saturated rings. The fraction of sp³-hybridized carbons (Fsp3) is 0.375. The number of rotatable bonds is 1. The van der Waals surface area contributed by atoms with Gasteiger partial charge < -0.3 is 20.6 Å². The largest absolute Gasteiger partial charge is 0.412 e. The molecular formula is C8H13N2O4P. The van der Waals surface area contributed by atoms with Crippen molar-refractivity contribution in [3.05, 3.63) is 23.4 Å². The SMILES string of the molecule is O.O=P(O)(O)c1ccc2c(n1)CCNC2. The van der Waals surface area contributed by atoms with Crippen LogP contribution in [0.3, 0.4) is 0 Å². The smallest absolute Gasteiger partial charge is 0.374 e. The van der Waals surface area contributed by atoms with Gasteiger partial charge in [0, 0.05) is 25.2 Å². The highest BCUT2D eigenvalue weighted by Gasteiger charge is 2.21. The van der Waals surface area contributed by atoms with Gasteiger partial charge in [0.2, 0.25) is 0 Å². The Morgan fingerprint density at radius 2 is 2.13 bits per heavy atom. The Morgan fingerprint density at radius 3 is 2.80 bits per heavy atom. The van der Waals surface area contributed by atoms with Gasteiger partial charge in [-0.15, -0.1) is 0 Å². The molecule has 1 aromatic rings. The van der Waals surface area contributed by atoms with Crippen molar-refractivity contribution in [1.29, 1.82) is 0 Å². The third kappa shape index (κ3) is 2.62. The van der Waals surface area contributed by atoms with Crippen LogP contribution in [0.25, 0.3) is 0 Å². The van der Waals surface area contributed by atoms with Crippen LogP contribution < -0.4 is 10.8 Å². The molecule has 0 radical (unpaired) electrons. The van der Waals surface area contributed by atoms with E-state index in [-0.39, 0.29) is 10.9 Å². The van der Waals surface area contributed by atoms with Crippen LogP contribution in [0.5, 0.6) is 0 Å². The van der Waals surface area contributed by atoms with E-state index in [0.717, 1.165) is 30.8 Å². The van der Waals surface area contributed by atoms with E-state index in [1.165, 1.54) is 6.07 Å². The third-order valence-corrected chi connectivity index (χ3v) is 3.05. The summed E-state index contributed by atoms with van der Waals surface area (Å²) in [7, 11) is -4.20. The van der Waals surface area contributed by atoms with Crippen LogP contribution in [0.4, 0.5) is 0 Å². The predicted octanol–water partition coefficient (Wildman–Crippen LogP) is -1.29. The molecule has 0 aromatic carbocycles. The fourth-order valence-corrected chi connectivity index (χ4v) is 2.01. The molecule has 0 aliphatic carbocycles. The summed E-state index contributed by atoms with van der Waals surface area (Å²) >= 11 is 0. The van der Waals surface area contributed by atoms with Gasteiger partial charge in [-0.25, -0.2) is 4.98 Å². The van der Waals surface area contributed by atoms with Crippen LogP contribution in [-0.4, -0.2) is 26.8 Å². The monoisotopic (exact) mass is 232 g/mol. The summed E-state index contributed by atoms with van der Waals surface area (Å²) in [5.74, 6) is 0. The van der Waals surface area contributed by atoms with Crippen LogP contribution in [0.2, 0.25) is 0 Å². The third-order valence-electron chi connectivity index (χ3n) is 2.21. The first-order chi connectivity index (χ1) is 6.57. The summed E-state index contributed by atoms with van der Waals surface area (Å²) < 4.78 is 10.9. The van der Waals surface area contributed by atoms with Crippen LogP contribution in [0.1, 0.15) is 11.3 Å². The Balaban J connectivity index is 0.00000112. The lowest BCUT2D eigenvalue weighted by Gasteiger charge is -2.16. The minimum absolute atomic E-state index is 0. The molecular weight excluding hydrogens is 219 g/mol. The van der Waals surface area contributed by atoms with Crippen molar-refractivity contribution in [2.45, 2.75) is 13.0 Å². The van der Waals surface area contributed by atoms with E-state index in [1.807, 2.05) is 0 Å². The van der Waals surface area contributed by atoms with E-state index < -0.39 is 7.60 Å². The molecule has 1 aliphatic heterocycles. The van der Waals surface area contributed by atoms with E-state index in [1.54, 1.807) is 6.07 Å². The summed E-state index contributed by atoms with van der Waals surface area (Å²) in [6.07, 6.45) is 0.725. The second-order valence-electron chi connectivity index (χ2n) is 3.25. The minimum atomic E-state index is -4.20. The summed E-state index contributed by atoms with van der Waals surface area (Å²) in [6, 6.07) is 3.12. The number of nitrogens with one attached hydrogen (secondary N) is 1. The number of pyridine rings is 1. The Labute approximate surface area is 86.8 Å². The lowest BCUT2D eigenvalue weighted by molar-refractivity contribution is 0.386. The average Bonchev–Trinajstić information content (AvgIpc) is 2.16. The molecule has 7 heteroatoms. The highest BCUT2D eigenvalue weighted by Crippen LogP contribution is 2.32. The van der Waals surface area contributed by atoms with E-state index in [0.29, 0.717) is 0 Å². The molecule has 84 valence electrons. The fourth-order valence-electron chi connectivity index (χ4n) is 1.49. The van der Waals surface area contributed by atoms with Crippen molar-refractivity contribution < 1.29 is 19.8 Å². The van der Waals surface area contributed by atoms with Crippen molar-refractivity contribution in [3.8, 4) is 0 Å². The zero-order valence-corrected chi connectivity index (χ0v) is 8.87. The van der Waals surface area contributed by atoms with Crippen molar-refractivity contribution in [3.63, 3.8) is 0 Å². The molecule has 0 unspecified atom stereocenters. The second kappa shape index (κ2) is 4.38. The van der Waals surface area contributed by atoms with Gasteiger partial charge in [-0.3, -0.25) is 4.57 Å². The molecule has 2 rings (SSSR count). The molecule has 0 bridgehead atoms. The van der Waals surface area contributed by atoms with Crippen LogP contribution in [-0.2, 0) is 17.5 Å². The highest BCUT2D eigenvalue weighted by molar-refractivity contribution is 7.60. The van der Waals surface area contributed by atoms with Crippen molar-refractivity contribution in [1.82, 2.24) is 10.3 Å². The summed E-state index contributed by atoms with van der Waals surface area (Å²) in [5.41, 5.74) is 1.69. The first-order valence-electron chi connectivity index (χ1n) is 4.33. The molecule has 1 aromatic heterocycles. The Kier molecular flexibility index (Phi) is 3.59. The normalized spacial score (nSPS) is 15.3. The number of nitrogens with zero attached hydrogens (tertiary/aromatic N) is 1. The van der Waals surface area contributed by atoms with E-state index >= 15 is 0 Å². The zero-order chi connectivity index (χ0) is 10.2. The van der Waals surface area contributed by atoms with Gasteiger partial charge in [0.15, 0.2) is 5.44 Å². The zero-order valence-electron chi connectivity index (χ0n) is 7.97. The summed E-state index contributed by atoms with van der Waals surface area (Å²) in [5, 5.41) is 3.17. The Bertz CT molecular complexity index is 404. The number of aromatic nitrogens is 1. The molecule has 0 saturated heterocycles. The number of fused-ring (bicyclic) bond motifs is 1. The summed E-state index contributed by atoms with van der Waals surface area (Å²) in [6.45, 7) is 1.54. The van der Waals surface area contributed by atoms with Crippen molar-refractivity contribution >= 4 is 13.0 Å². The van der Waals surface area contributed by atoms with E-state index in [9.17, 15) is 4.57 Å². The minimum Gasteiger partial charge on any atom is -0.412 e. The standard InChI is InChI=1S/C8H11N2O3P.H2O/c11-14(12,13)8-2-1-6-5-9-4-3-7(6)10-8;/h1-2,9H,3-5H2,(H2,11,12,13);1H2. The lowest BCUT2D eigenvalue weighted by Crippen LogP contribution is -2.26. The molecule has 0 amide bonds. The maximum absolute atomic E-state index is 10.9. The van der Waals surface area contributed by atoms with E-state index in [4.69, 9.17) is 9.79 Å². The van der Waals surface area contributed by atoms with Gasteiger partial charge in [0.25, 0.3) is 0 Å². The first-order valence-corrected chi connectivity index (χ1v) is 5.94. The van der Waals surface area contributed by atoms with Gasteiger partial charge >= 0.3 is 7.60 Å². The van der Waals surface area contributed by atoms with Crippen LogP contribution in [0, 0.1) is 0 Å². The summed E-state index contributed by atoms with van der Waals surface area (Å²) in [4.78, 5) is 21.8.